The predicted octanol–water partition coefficient (Wildman–Crippen LogP) is 3.94. The number of carboxylic acids is 2. The molecule has 0 amide bonds. The molecule has 1 aromatic heterocycles. The SMILES string of the molecule is CC(=O)O.CC(=O)O.N[C@@H]1CC[C@@H](n2ccnc2-c2cccc3ccccc23)C1. The van der Waals surface area contributed by atoms with Gasteiger partial charge in [0.15, 0.2) is 0 Å². The van der Waals surface area contributed by atoms with Gasteiger partial charge in [0.1, 0.15) is 5.82 Å². The van der Waals surface area contributed by atoms with Crippen LogP contribution in [0.25, 0.3) is 22.2 Å². The summed E-state index contributed by atoms with van der Waals surface area (Å²) >= 11 is 0. The van der Waals surface area contributed by atoms with Gasteiger partial charge in [-0.15, -0.1) is 0 Å². The smallest absolute Gasteiger partial charge is 0.300 e. The van der Waals surface area contributed by atoms with Crippen molar-refractivity contribution >= 4 is 22.7 Å². The molecule has 3 aromatic rings. The summed E-state index contributed by atoms with van der Waals surface area (Å²) in [7, 11) is 0. The number of hydrogen-bond acceptors (Lipinski definition) is 4. The lowest BCUT2D eigenvalue weighted by Gasteiger charge is -2.16. The number of carbonyl (C=O) groups is 2. The summed E-state index contributed by atoms with van der Waals surface area (Å²) in [6.45, 7) is 2.17. The Morgan fingerprint density at radius 1 is 1.03 bits per heavy atom. The first-order valence-electron chi connectivity index (χ1n) is 9.45. The second-order valence-electron chi connectivity index (χ2n) is 6.95. The summed E-state index contributed by atoms with van der Waals surface area (Å²) in [5.41, 5.74) is 7.28. The molecular formula is C22H27N3O4. The molecule has 1 saturated carbocycles. The average molecular weight is 397 g/mol. The van der Waals surface area contributed by atoms with Gasteiger partial charge in [0.25, 0.3) is 11.9 Å². The van der Waals surface area contributed by atoms with Crippen LogP contribution in [0.4, 0.5) is 0 Å². The number of aliphatic carboxylic acids is 2. The van der Waals surface area contributed by atoms with Crippen molar-refractivity contribution in [1.82, 2.24) is 9.55 Å². The highest BCUT2D eigenvalue weighted by Gasteiger charge is 2.25. The predicted molar refractivity (Wildman–Crippen MR) is 113 cm³/mol. The quantitative estimate of drug-likeness (QED) is 0.603. The third-order valence-electron chi connectivity index (χ3n) is 4.54. The minimum atomic E-state index is -0.833. The normalized spacial score (nSPS) is 17.6. The molecule has 7 nitrogen and oxygen atoms in total. The summed E-state index contributed by atoms with van der Waals surface area (Å²) in [4.78, 5) is 22.6. The zero-order chi connectivity index (χ0) is 21.4. The Hall–Kier alpha value is -3.19. The number of fused-ring (bicyclic) bond motifs is 1. The standard InChI is InChI=1S/C18H19N3.2C2H4O2/c19-14-8-9-15(12-14)21-11-10-20-18(21)17-7-3-5-13-4-1-2-6-16(13)17;2*1-2(3)4/h1-7,10-11,14-15H,8-9,12,19H2;2*1H3,(H,3,4)/t14-,15-;;/m1../s1. The minimum absolute atomic E-state index is 0.331. The van der Waals surface area contributed by atoms with Crippen molar-refractivity contribution < 1.29 is 19.8 Å². The molecule has 0 bridgehead atoms. The second kappa shape index (κ2) is 10.4. The van der Waals surface area contributed by atoms with Crippen molar-refractivity contribution in [3.63, 3.8) is 0 Å². The Bertz CT molecular complexity index is 942. The van der Waals surface area contributed by atoms with Gasteiger partial charge in [-0.1, -0.05) is 42.5 Å². The molecule has 0 unspecified atom stereocenters. The van der Waals surface area contributed by atoms with Crippen molar-refractivity contribution in [2.45, 2.75) is 45.2 Å². The van der Waals surface area contributed by atoms with Gasteiger partial charge >= 0.3 is 0 Å². The van der Waals surface area contributed by atoms with Crippen LogP contribution in [-0.2, 0) is 9.59 Å². The van der Waals surface area contributed by atoms with Gasteiger partial charge in [-0.2, -0.15) is 0 Å². The number of rotatable bonds is 2. The summed E-state index contributed by atoms with van der Waals surface area (Å²) in [6, 6.07) is 15.7. The van der Waals surface area contributed by atoms with Gasteiger partial charge in [-0.25, -0.2) is 4.98 Å². The monoisotopic (exact) mass is 397 g/mol. The first-order valence-corrected chi connectivity index (χ1v) is 9.45. The van der Waals surface area contributed by atoms with Crippen LogP contribution in [0.5, 0.6) is 0 Å². The molecule has 4 rings (SSSR count). The Morgan fingerprint density at radius 2 is 1.66 bits per heavy atom. The lowest BCUT2D eigenvalue weighted by atomic mass is 10.0. The van der Waals surface area contributed by atoms with E-state index in [9.17, 15) is 0 Å². The molecule has 1 aliphatic rings. The van der Waals surface area contributed by atoms with Crippen LogP contribution in [-0.4, -0.2) is 37.7 Å². The van der Waals surface area contributed by atoms with E-state index in [2.05, 4.69) is 58.2 Å². The maximum atomic E-state index is 9.00. The van der Waals surface area contributed by atoms with Crippen LogP contribution in [0.2, 0.25) is 0 Å². The van der Waals surface area contributed by atoms with Crippen LogP contribution in [0, 0.1) is 0 Å². The van der Waals surface area contributed by atoms with Crippen molar-refractivity contribution in [2.24, 2.45) is 5.73 Å². The first-order chi connectivity index (χ1) is 13.8. The Kier molecular flexibility index (Phi) is 7.91. The van der Waals surface area contributed by atoms with Crippen LogP contribution >= 0.6 is 0 Å². The molecule has 2 atom stereocenters. The van der Waals surface area contributed by atoms with Gasteiger partial charge in [-0.05, 0) is 30.0 Å². The van der Waals surface area contributed by atoms with Gasteiger partial charge in [0.05, 0.1) is 0 Å². The van der Waals surface area contributed by atoms with E-state index >= 15 is 0 Å². The van der Waals surface area contributed by atoms with E-state index in [1.807, 2.05) is 6.20 Å². The first kappa shape index (κ1) is 22.1. The second-order valence-corrected chi connectivity index (χ2v) is 6.95. The summed E-state index contributed by atoms with van der Waals surface area (Å²) in [5, 5.41) is 17.3. The van der Waals surface area contributed by atoms with Crippen molar-refractivity contribution in [3.8, 4) is 11.4 Å². The summed E-state index contributed by atoms with van der Waals surface area (Å²) in [6.07, 6.45) is 7.31. The van der Waals surface area contributed by atoms with E-state index in [1.54, 1.807) is 0 Å². The number of hydrogen-bond donors (Lipinski definition) is 3. The third kappa shape index (κ3) is 6.43. The fourth-order valence-electron chi connectivity index (χ4n) is 3.48. The molecular weight excluding hydrogens is 370 g/mol. The van der Waals surface area contributed by atoms with Crippen LogP contribution in [0.15, 0.2) is 54.9 Å². The molecule has 7 heteroatoms. The number of nitrogens with two attached hydrogens (primary N) is 1. The molecule has 0 radical (unpaired) electrons. The van der Waals surface area contributed by atoms with Gasteiger partial charge < -0.3 is 20.5 Å². The molecule has 0 saturated heterocycles. The van der Waals surface area contributed by atoms with E-state index < -0.39 is 11.9 Å². The Balaban J connectivity index is 0.000000324. The molecule has 1 heterocycles. The number of imidazole rings is 1. The van der Waals surface area contributed by atoms with Gasteiger partial charge in [0.2, 0.25) is 0 Å². The van der Waals surface area contributed by atoms with Crippen LogP contribution < -0.4 is 5.73 Å². The number of carboxylic acid groups (broad SMARTS) is 2. The fourth-order valence-corrected chi connectivity index (χ4v) is 3.48. The zero-order valence-electron chi connectivity index (χ0n) is 16.7. The van der Waals surface area contributed by atoms with E-state index in [0.717, 1.165) is 38.9 Å². The summed E-state index contributed by atoms with van der Waals surface area (Å²) < 4.78 is 2.31. The maximum absolute atomic E-state index is 9.00. The van der Waals surface area contributed by atoms with Crippen LogP contribution in [0.1, 0.15) is 39.2 Å². The van der Waals surface area contributed by atoms with Crippen LogP contribution in [0.3, 0.4) is 0 Å². The van der Waals surface area contributed by atoms with Crippen molar-refractivity contribution in [3.05, 3.63) is 54.9 Å². The maximum Gasteiger partial charge on any atom is 0.300 e. The summed E-state index contributed by atoms with van der Waals surface area (Å²) in [5.74, 6) is -0.606. The molecule has 154 valence electrons. The fraction of sp³-hybridized carbons (Fsp3) is 0.318. The highest BCUT2D eigenvalue weighted by Crippen LogP contribution is 2.34. The zero-order valence-corrected chi connectivity index (χ0v) is 16.7. The average Bonchev–Trinajstić information content (AvgIpc) is 3.29. The molecule has 1 fully saturated rings. The molecule has 29 heavy (non-hydrogen) atoms. The largest absolute Gasteiger partial charge is 0.481 e. The van der Waals surface area contributed by atoms with E-state index in [4.69, 9.17) is 25.5 Å². The van der Waals surface area contributed by atoms with E-state index in [1.165, 1.54) is 16.3 Å². The molecule has 0 aliphatic heterocycles. The third-order valence-corrected chi connectivity index (χ3v) is 4.54. The molecule has 2 aromatic carbocycles. The number of aromatic nitrogens is 2. The molecule has 1 aliphatic carbocycles. The van der Waals surface area contributed by atoms with Gasteiger partial charge in [0, 0.05) is 43.9 Å². The Labute approximate surface area is 169 Å². The van der Waals surface area contributed by atoms with Gasteiger partial charge in [-0.3, -0.25) is 9.59 Å². The highest BCUT2D eigenvalue weighted by molar-refractivity contribution is 5.95. The van der Waals surface area contributed by atoms with Crippen molar-refractivity contribution in [1.29, 1.82) is 0 Å². The number of benzene rings is 2. The van der Waals surface area contributed by atoms with E-state index in [-0.39, 0.29) is 0 Å². The Morgan fingerprint density at radius 3 is 2.28 bits per heavy atom. The number of nitrogens with zero attached hydrogens (tertiary/aromatic N) is 2. The van der Waals surface area contributed by atoms with E-state index in [0.29, 0.717) is 12.1 Å². The topological polar surface area (TPSA) is 118 Å². The minimum Gasteiger partial charge on any atom is -0.481 e. The van der Waals surface area contributed by atoms with Crippen molar-refractivity contribution in [2.75, 3.05) is 0 Å². The highest BCUT2D eigenvalue weighted by atomic mass is 16.4. The lowest BCUT2D eigenvalue weighted by molar-refractivity contribution is -0.135. The molecule has 4 N–H and O–H groups in total. The molecule has 0 spiro atoms. The lowest BCUT2D eigenvalue weighted by Crippen LogP contribution is -2.16.